The highest BCUT2D eigenvalue weighted by atomic mass is 19.1. The van der Waals surface area contributed by atoms with Crippen molar-refractivity contribution in [2.75, 3.05) is 7.05 Å². The minimum absolute atomic E-state index is 0.0708. The van der Waals surface area contributed by atoms with Crippen molar-refractivity contribution in [3.8, 4) is 5.75 Å². The highest BCUT2D eigenvalue weighted by Crippen LogP contribution is 2.30. The van der Waals surface area contributed by atoms with Crippen LogP contribution in [-0.4, -0.2) is 12.6 Å². The van der Waals surface area contributed by atoms with Crippen LogP contribution in [0.25, 0.3) is 0 Å². The lowest BCUT2D eigenvalue weighted by Crippen LogP contribution is -2.25. The normalized spacial score (nSPS) is 13.6. The lowest BCUT2D eigenvalue weighted by atomic mass is 10.1. The zero-order valence-corrected chi connectivity index (χ0v) is 10.6. The number of benzene rings is 1. The van der Waals surface area contributed by atoms with Crippen LogP contribution in [0.15, 0.2) is 18.2 Å². The molecule has 1 N–H and O–H groups in total. The highest BCUT2D eigenvalue weighted by Gasteiger charge is 2.19. The fourth-order valence-electron chi connectivity index (χ4n) is 1.50. The second-order valence-electron chi connectivity index (χ2n) is 4.88. The van der Waals surface area contributed by atoms with E-state index in [0.29, 0.717) is 11.3 Å². The average Bonchev–Trinajstić information content (AvgIpc) is 2.14. The lowest BCUT2D eigenvalue weighted by Gasteiger charge is -2.25. The first-order valence-electron chi connectivity index (χ1n) is 5.50. The molecule has 16 heavy (non-hydrogen) atoms. The molecule has 0 spiro atoms. The van der Waals surface area contributed by atoms with E-state index in [-0.39, 0.29) is 17.5 Å². The standard InChI is InChI=1S/C13H20FNO/c1-9(15-5)12-10(14)7-6-8-11(12)16-13(2,3)4/h6-9,15H,1-5H3. The molecular weight excluding hydrogens is 205 g/mol. The number of hydrogen-bond acceptors (Lipinski definition) is 2. The van der Waals surface area contributed by atoms with Crippen LogP contribution in [0.2, 0.25) is 0 Å². The van der Waals surface area contributed by atoms with Crippen molar-refractivity contribution < 1.29 is 9.13 Å². The van der Waals surface area contributed by atoms with Gasteiger partial charge in [-0.2, -0.15) is 0 Å². The molecule has 1 aromatic carbocycles. The smallest absolute Gasteiger partial charge is 0.131 e. The molecule has 3 heteroatoms. The second-order valence-corrected chi connectivity index (χ2v) is 4.88. The predicted molar refractivity (Wildman–Crippen MR) is 64.3 cm³/mol. The Bertz CT molecular complexity index is 357. The van der Waals surface area contributed by atoms with E-state index in [4.69, 9.17) is 4.74 Å². The van der Waals surface area contributed by atoms with Gasteiger partial charge in [0.1, 0.15) is 17.2 Å². The fraction of sp³-hybridized carbons (Fsp3) is 0.538. The largest absolute Gasteiger partial charge is 0.488 e. The first-order valence-corrected chi connectivity index (χ1v) is 5.50. The topological polar surface area (TPSA) is 21.3 Å². The van der Waals surface area contributed by atoms with Gasteiger partial charge >= 0.3 is 0 Å². The summed E-state index contributed by atoms with van der Waals surface area (Å²) in [6.07, 6.45) is 0. The van der Waals surface area contributed by atoms with E-state index in [1.165, 1.54) is 6.07 Å². The zero-order chi connectivity index (χ0) is 12.3. The first kappa shape index (κ1) is 13.0. The van der Waals surface area contributed by atoms with Gasteiger partial charge in [-0.05, 0) is 46.9 Å². The van der Waals surface area contributed by atoms with Crippen molar-refractivity contribution in [3.05, 3.63) is 29.6 Å². The molecule has 0 radical (unpaired) electrons. The number of ether oxygens (including phenoxy) is 1. The van der Waals surface area contributed by atoms with Gasteiger partial charge < -0.3 is 10.1 Å². The van der Waals surface area contributed by atoms with E-state index in [0.717, 1.165) is 0 Å². The number of hydrogen-bond donors (Lipinski definition) is 1. The molecule has 0 saturated heterocycles. The monoisotopic (exact) mass is 225 g/mol. The molecule has 0 aliphatic heterocycles. The molecule has 0 aliphatic carbocycles. The van der Waals surface area contributed by atoms with Crippen molar-refractivity contribution >= 4 is 0 Å². The Morgan fingerprint density at radius 3 is 2.44 bits per heavy atom. The molecule has 0 saturated carbocycles. The van der Waals surface area contributed by atoms with Crippen molar-refractivity contribution in [2.45, 2.75) is 39.3 Å². The van der Waals surface area contributed by atoms with Gasteiger partial charge in [0.15, 0.2) is 0 Å². The summed E-state index contributed by atoms with van der Waals surface area (Å²) in [4.78, 5) is 0. The minimum Gasteiger partial charge on any atom is -0.488 e. The predicted octanol–water partition coefficient (Wildman–Crippen LogP) is 3.28. The molecule has 0 fully saturated rings. The first-order chi connectivity index (χ1) is 7.35. The maximum Gasteiger partial charge on any atom is 0.131 e. The highest BCUT2D eigenvalue weighted by molar-refractivity contribution is 5.37. The van der Waals surface area contributed by atoms with Crippen LogP contribution in [-0.2, 0) is 0 Å². The van der Waals surface area contributed by atoms with E-state index >= 15 is 0 Å². The molecule has 1 rings (SSSR count). The molecule has 1 unspecified atom stereocenters. The number of nitrogens with one attached hydrogen (secondary N) is 1. The number of halogens is 1. The van der Waals surface area contributed by atoms with E-state index in [1.807, 2.05) is 27.7 Å². The molecule has 0 amide bonds. The van der Waals surface area contributed by atoms with E-state index in [9.17, 15) is 4.39 Å². The Hall–Kier alpha value is -1.09. The van der Waals surface area contributed by atoms with Gasteiger partial charge in [0.25, 0.3) is 0 Å². The molecule has 0 bridgehead atoms. The average molecular weight is 225 g/mol. The van der Waals surface area contributed by atoms with Crippen molar-refractivity contribution in [3.63, 3.8) is 0 Å². The summed E-state index contributed by atoms with van der Waals surface area (Å²) in [5.41, 5.74) is 0.260. The van der Waals surface area contributed by atoms with Gasteiger partial charge in [0, 0.05) is 11.6 Å². The molecule has 0 aromatic heterocycles. The Labute approximate surface area is 96.8 Å². The summed E-state index contributed by atoms with van der Waals surface area (Å²) in [5.74, 6) is 0.373. The van der Waals surface area contributed by atoms with Crippen molar-refractivity contribution in [1.82, 2.24) is 5.32 Å². The molecule has 1 atom stereocenters. The minimum atomic E-state index is -0.323. The summed E-state index contributed by atoms with van der Waals surface area (Å²) in [6.45, 7) is 7.76. The second kappa shape index (κ2) is 4.83. The van der Waals surface area contributed by atoms with Crippen LogP contribution < -0.4 is 10.1 Å². The zero-order valence-electron chi connectivity index (χ0n) is 10.6. The molecule has 2 nitrogen and oxygen atoms in total. The maximum atomic E-state index is 13.7. The third-order valence-corrected chi connectivity index (χ3v) is 2.30. The molecule has 0 heterocycles. The van der Waals surface area contributed by atoms with Crippen LogP contribution >= 0.6 is 0 Å². The van der Waals surface area contributed by atoms with Gasteiger partial charge in [-0.25, -0.2) is 4.39 Å². The molecule has 0 aliphatic rings. The molecular formula is C13H20FNO. The van der Waals surface area contributed by atoms with Crippen LogP contribution in [0.1, 0.15) is 39.3 Å². The van der Waals surface area contributed by atoms with Crippen LogP contribution in [0.5, 0.6) is 5.75 Å². The van der Waals surface area contributed by atoms with Crippen LogP contribution in [0.3, 0.4) is 0 Å². The fourth-order valence-corrected chi connectivity index (χ4v) is 1.50. The van der Waals surface area contributed by atoms with Crippen molar-refractivity contribution in [1.29, 1.82) is 0 Å². The Morgan fingerprint density at radius 1 is 1.31 bits per heavy atom. The van der Waals surface area contributed by atoms with E-state index < -0.39 is 0 Å². The summed E-state index contributed by atoms with van der Waals surface area (Å²) >= 11 is 0. The Kier molecular flexibility index (Phi) is 3.92. The van der Waals surface area contributed by atoms with Gasteiger partial charge in [-0.3, -0.25) is 0 Å². The summed E-state index contributed by atoms with van der Waals surface area (Å²) in [7, 11) is 1.80. The van der Waals surface area contributed by atoms with Gasteiger partial charge in [-0.15, -0.1) is 0 Å². The summed E-state index contributed by atoms with van der Waals surface area (Å²) in [5, 5.41) is 3.03. The van der Waals surface area contributed by atoms with Gasteiger partial charge in [0.2, 0.25) is 0 Å². The van der Waals surface area contributed by atoms with E-state index in [2.05, 4.69) is 5.32 Å². The van der Waals surface area contributed by atoms with E-state index in [1.54, 1.807) is 19.2 Å². The third-order valence-electron chi connectivity index (χ3n) is 2.30. The van der Waals surface area contributed by atoms with Gasteiger partial charge in [-0.1, -0.05) is 6.07 Å². The lowest BCUT2D eigenvalue weighted by molar-refractivity contribution is 0.128. The maximum absolute atomic E-state index is 13.7. The van der Waals surface area contributed by atoms with Crippen LogP contribution in [0, 0.1) is 5.82 Å². The Balaban J connectivity index is 3.13. The van der Waals surface area contributed by atoms with Gasteiger partial charge in [0.05, 0.1) is 0 Å². The Morgan fingerprint density at radius 2 is 1.94 bits per heavy atom. The van der Waals surface area contributed by atoms with Crippen molar-refractivity contribution in [2.24, 2.45) is 0 Å². The molecule has 1 aromatic rings. The molecule has 90 valence electrons. The summed E-state index contributed by atoms with van der Waals surface area (Å²) in [6, 6.07) is 4.86. The summed E-state index contributed by atoms with van der Waals surface area (Å²) < 4.78 is 19.5. The third kappa shape index (κ3) is 3.20. The van der Waals surface area contributed by atoms with Crippen LogP contribution in [0.4, 0.5) is 4.39 Å². The SMILES string of the molecule is CNC(C)c1c(F)cccc1OC(C)(C)C. The number of rotatable bonds is 3. The quantitative estimate of drug-likeness (QED) is 0.852.